The fraction of sp³-hybridized carbons (Fsp3) is 0.429. The van der Waals surface area contributed by atoms with Crippen molar-refractivity contribution >= 4 is 33.6 Å². The van der Waals surface area contributed by atoms with Crippen molar-refractivity contribution in [3.05, 3.63) is 51.5 Å². The first kappa shape index (κ1) is 22.3. The fourth-order valence-corrected chi connectivity index (χ4v) is 6.23. The summed E-state index contributed by atoms with van der Waals surface area (Å²) in [5, 5.41) is 6.58. The van der Waals surface area contributed by atoms with Crippen LogP contribution in [0.3, 0.4) is 0 Å². The predicted octanol–water partition coefficient (Wildman–Crippen LogP) is 4.76. The molecule has 1 fully saturated rings. The maximum Gasteiger partial charge on any atom is 0.288 e. The van der Waals surface area contributed by atoms with Gasteiger partial charge >= 0.3 is 0 Å². The van der Waals surface area contributed by atoms with Crippen molar-refractivity contribution in [3.8, 4) is 11.5 Å². The predicted molar refractivity (Wildman–Crippen MR) is 124 cm³/mol. The molecule has 0 aliphatic carbocycles. The largest absolute Gasteiger partial charge is 0.409 e. The van der Waals surface area contributed by atoms with E-state index in [1.165, 1.54) is 4.88 Å². The van der Waals surface area contributed by atoms with Gasteiger partial charge < -0.3 is 4.42 Å². The fourth-order valence-electron chi connectivity index (χ4n) is 3.64. The van der Waals surface area contributed by atoms with Crippen LogP contribution in [-0.2, 0) is 16.7 Å². The standard InChI is InChI=1S/C21H26N4O3S3/c1-16(19-10-7-13-30-19)23(2)15-25-21(29)28-20(22-25)17-8-6-9-18(14-17)31(26,27)24-11-4-3-5-12-24/h6-10,13-14,16H,3-5,11-12,15H2,1-2H3/t16-/m0/s1. The van der Waals surface area contributed by atoms with Crippen LogP contribution < -0.4 is 0 Å². The highest BCUT2D eigenvalue weighted by Gasteiger charge is 2.26. The summed E-state index contributed by atoms with van der Waals surface area (Å²) in [6.45, 7) is 3.73. The summed E-state index contributed by atoms with van der Waals surface area (Å²) < 4.78 is 34.9. The molecule has 1 saturated heterocycles. The van der Waals surface area contributed by atoms with Gasteiger partial charge in [0.15, 0.2) is 0 Å². The maximum atomic E-state index is 13.0. The van der Waals surface area contributed by atoms with Gasteiger partial charge in [0.25, 0.3) is 4.84 Å². The molecule has 166 valence electrons. The first-order valence-corrected chi connectivity index (χ1v) is 13.0. The number of hydrogen-bond donors (Lipinski definition) is 0. The number of hydrogen-bond acceptors (Lipinski definition) is 7. The lowest BCUT2D eigenvalue weighted by Crippen LogP contribution is -2.35. The van der Waals surface area contributed by atoms with Crippen molar-refractivity contribution in [2.75, 3.05) is 20.1 Å². The third kappa shape index (κ3) is 4.83. The van der Waals surface area contributed by atoms with Crippen LogP contribution in [0, 0.1) is 4.84 Å². The summed E-state index contributed by atoms with van der Waals surface area (Å²) >= 11 is 7.08. The Labute approximate surface area is 192 Å². The van der Waals surface area contributed by atoms with E-state index in [0.717, 1.165) is 19.3 Å². The topological polar surface area (TPSA) is 71.6 Å². The summed E-state index contributed by atoms with van der Waals surface area (Å²) in [4.78, 5) is 3.90. The van der Waals surface area contributed by atoms with Crippen LogP contribution in [-0.4, -0.2) is 47.5 Å². The summed E-state index contributed by atoms with van der Waals surface area (Å²) in [7, 11) is -1.52. The van der Waals surface area contributed by atoms with Gasteiger partial charge in [0, 0.05) is 29.6 Å². The van der Waals surface area contributed by atoms with E-state index in [-0.39, 0.29) is 15.8 Å². The molecule has 0 bridgehead atoms. The number of benzene rings is 1. The molecule has 0 unspecified atom stereocenters. The Hall–Kier alpha value is -1.85. The van der Waals surface area contributed by atoms with Crippen LogP contribution in [0.4, 0.5) is 0 Å². The lowest BCUT2D eigenvalue weighted by Gasteiger charge is -2.25. The second-order valence-electron chi connectivity index (χ2n) is 7.76. The van der Waals surface area contributed by atoms with E-state index in [1.807, 2.05) is 13.1 Å². The highest BCUT2D eigenvalue weighted by Crippen LogP contribution is 2.27. The molecule has 3 heterocycles. The molecule has 4 rings (SSSR count). The lowest BCUT2D eigenvalue weighted by molar-refractivity contribution is 0.195. The molecule has 0 radical (unpaired) electrons. The molecule has 1 aromatic carbocycles. The number of rotatable bonds is 7. The first-order valence-electron chi connectivity index (χ1n) is 10.3. The van der Waals surface area contributed by atoms with Crippen LogP contribution in [0.5, 0.6) is 0 Å². The molecule has 1 aliphatic rings. The van der Waals surface area contributed by atoms with Crippen molar-refractivity contribution in [2.45, 2.75) is 43.8 Å². The van der Waals surface area contributed by atoms with E-state index < -0.39 is 10.0 Å². The Morgan fingerprint density at radius 3 is 2.71 bits per heavy atom. The third-order valence-corrected chi connectivity index (χ3v) is 8.84. The molecule has 0 amide bonds. The Kier molecular flexibility index (Phi) is 6.73. The van der Waals surface area contributed by atoms with Crippen LogP contribution >= 0.6 is 23.6 Å². The van der Waals surface area contributed by atoms with Crippen LogP contribution in [0.2, 0.25) is 0 Å². The highest BCUT2D eigenvalue weighted by molar-refractivity contribution is 7.89. The second kappa shape index (κ2) is 9.33. The van der Waals surface area contributed by atoms with E-state index in [0.29, 0.717) is 31.2 Å². The van der Waals surface area contributed by atoms with Crippen LogP contribution in [0.1, 0.15) is 37.1 Å². The number of piperidine rings is 1. The van der Waals surface area contributed by atoms with Gasteiger partial charge in [-0.05, 0) is 68.7 Å². The quantitative estimate of drug-likeness (QED) is 0.456. The van der Waals surface area contributed by atoms with Gasteiger partial charge in [0.05, 0.1) is 11.6 Å². The molecule has 1 atom stereocenters. The van der Waals surface area contributed by atoms with Gasteiger partial charge in [-0.3, -0.25) is 4.90 Å². The molecule has 0 saturated carbocycles. The Morgan fingerprint density at radius 1 is 1.23 bits per heavy atom. The van der Waals surface area contributed by atoms with Gasteiger partial charge in [-0.1, -0.05) is 18.6 Å². The van der Waals surface area contributed by atoms with Gasteiger partial charge in [0.1, 0.15) is 0 Å². The van der Waals surface area contributed by atoms with E-state index in [9.17, 15) is 8.42 Å². The SMILES string of the molecule is C[C@@H](c1cccs1)N(C)Cn1nc(-c2cccc(S(=O)(=O)N3CCCCC3)c2)oc1=S. The molecule has 10 heteroatoms. The van der Waals surface area contributed by atoms with Gasteiger partial charge in [0.2, 0.25) is 15.9 Å². The molecular formula is C21H26N4O3S3. The van der Waals surface area contributed by atoms with Gasteiger partial charge in [-0.2, -0.15) is 4.31 Å². The minimum absolute atomic E-state index is 0.208. The van der Waals surface area contributed by atoms with E-state index in [4.69, 9.17) is 16.6 Å². The minimum Gasteiger partial charge on any atom is -0.409 e. The summed E-state index contributed by atoms with van der Waals surface area (Å²) in [6.07, 6.45) is 2.87. The number of thiophene rings is 1. The second-order valence-corrected chi connectivity index (χ2v) is 11.0. The van der Waals surface area contributed by atoms with Crippen molar-refractivity contribution in [1.29, 1.82) is 0 Å². The number of nitrogens with zero attached hydrogens (tertiary/aromatic N) is 4. The van der Waals surface area contributed by atoms with Crippen molar-refractivity contribution in [3.63, 3.8) is 0 Å². The molecule has 1 aliphatic heterocycles. The Morgan fingerprint density at radius 2 is 2.00 bits per heavy atom. The normalized spacial score (nSPS) is 16.6. The number of aromatic nitrogens is 2. The monoisotopic (exact) mass is 478 g/mol. The Balaban J connectivity index is 1.56. The smallest absolute Gasteiger partial charge is 0.288 e. The van der Waals surface area contributed by atoms with Crippen molar-refractivity contribution in [1.82, 2.24) is 19.0 Å². The summed E-state index contributed by atoms with van der Waals surface area (Å²) in [5.41, 5.74) is 0.594. The van der Waals surface area contributed by atoms with Crippen LogP contribution in [0.25, 0.3) is 11.5 Å². The molecule has 31 heavy (non-hydrogen) atoms. The van der Waals surface area contributed by atoms with E-state index >= 15 is 0 Å². The third-order valence-electron chi connectivity index (χ3n) is 5.61. The van der Waals surface area contributed by atoms with Gasteiger partial charge in [-0.15, -0.1) is 16.4 Å². The van der Waals surface area contributed by atoms with Gasteiger partial charge in [-0.25, -0.2) is 13.1 Å². The first-order chi connectivity index (χ1) is 14.9. The lowest BCUT2D eigenvalue weighted by atomic mass is 10.2. The Bertz CT molecular complexity index is 1180. The average Bonchev–Trinajstić information content (AvgIpc) is 3.44. The maximum absolute atomic E-state index is 13.0. The van der Waals surface area contributed by atoms with Crippen LogP contribution in [0.15, 0.2) is 51.1 Å². The number of sulfonamides is 1. The molecular weight excluding hydrogens is 452 g/mol. The highest BCUT2D eigenvalue weighted by atomic mass is 32.2. The molecule has 7 nitrogen and oxygen atoms in total. The molecule has 3 aromatic rings. The van der Waals surface area contributed by atoms with E-state index in [2.05, 4.69) is 28.4 Å². The van der Waals surface area contributed by atoms with E-state index in [1.54, 1.807) is 44.6 Å². The zero-order valence-electron chi connectivity index (χ0n) is 17.6. The molecule has 0 N–H and O–H groups in total. The zero-order valence-corrected chi connectivity index (χ0v) is 20.0. The van der Waals surface area contributed by atoms with Crippen molar-refractivity contribution in [2.24, 2.45) is 0 Å². The molecule has 2 aromatic heterocycles. The average molecular weight is 479 g/mol. The minimum atomic E-state index is -3.53. The zero-order chi connectivity index (χ0) is 22.0. The molecule has 0 spiro atoms. The van der Waals surface area contributed by atoms with Crippen molar-refractivity contribution < 1.29 is 12.8 Å². The summed E-state index contributed by atoms with van der Waals surface area (Å²) in [5.74, 6) is 0.317. The summed E-state index contributed by atoms with van der Waals surface area (Å²) in [6, 6.07) is 11.1.